The smallest absolute Gasteiger partial charge is 0.156 e. The highest BCUT2D eigenvalue weighted by Crippen LogP contribution is 2.29. The van der Waals surface area contributed by atoms with Crippen LogP contribution >= 0.6 is 0 Å². The fourth-order valence-electron chi connectivity index (χ4n) is 2.58. The summed E-state index contributed by atoms with van der Waals surface area (Å²) in [4.78, 5) is 4.09. The molecule has 0 spiro atoms. The van der Waals surface area contributed by atoms with Crippen LogP contribution in [0.5, 0.6) is 11.5 Å². The number of aromatic nitrogens is 1. The number of hydrogen-bond donors (Lipinski definition) is 2. The van der Waals surface area contributed by atoms with Gasteiger partial charge in [0, 0.05) is 6.20 Å². The second-order valence-corrected chi connectivity index (χ2v) is 5.00. The number of hydrogen-bond acceptors (Lipinski definition) is 3. The maximum atomic E-state index is 7.53. The number of pyridine rings is 1. The monoisotopic (exact) mass is 267 g/mol. The van der Waals surface area contributed by atoms with Crippen LogP contribution in [0.15, 0.2) is 36.5 Å². The van der Waals surface area contributed by atoms with E-state index in [0.29, 0.717) is 11.4 Å². The zero-order chi connectivity index (χ0) is 13.9. The molecule has 0 saturated heterocycles. The first-order valence-electron chi connectivity index (χ1n) is 6.83. The van der Waals surface area contributed by atoms with E-state index in [2.05, 4.69) is 17.1 Å². The molecule has 2 aromatic rings. The molecule has 4 heteroatoms. The van der Waals surface area contributed by atoms with Crippen molar-refractivity contribution in [3.8, 4) is 11.5 Å². The van der Waals surface area contributed by atoms with Gasteiger partial charge in [-0.15, -0.1) is 0 Å². The Balaban J connectivity index is 1.90. The van der Waals surface area contributed by atoms with E-state index in [9.17, 15) is 0 Å². The van der Waals surface area contributed by atoms with Gasteiger partial charge in [0.25, 0.3) is 0 Å². The van der Waals surface area contributed by atoms with Crippen LogP contribution in [0.2, 0.25) is 0 Å². The molecular weight excluding hydrogens is 250 g/mol. The fraction of sp³-hybridized carbons (Fsp3) is 0.250. The summed E-state index contributed by atoms with van der Waals surface area (Å²) >= 11 is 0. The Bertz CT molecular complexity index is 652. The summed E-state index contributed by atoms with van der Waals surface area (Å²) in [5.41, 5.74) is 8.68. The Kier molecular flexibility index (Phi) is 3.37. The number of nitrogen functional groups attached to an aromatic ring is 1. The van der Waals surface area contributed by atoms with Crippen LogP contribution in [-0.4, -0.2) is 10.8 Å². The van der Waals surface area contributed by atoms with Gasteiger partial charge in [0.1, 0.15) is 17.3 Å². The van der Waals surface area contributed by atoms with E-state index in [-0.39, 0.29) is 5.84 Å². The lowest BCUT2D eigenvalue weighted by molar-refractivity contribution is 0.477. The number of rotatable bonds is 3. The quantitative estimate of drug-likeness (QED) is 0.663. The zero-order valence-corrected chi connectivity index (χ0v) is 11.2. The highest BCUT2D eigenvalue weighted by Gasteiger charge is 2.12. The van der Waals surface area contributed by atoms with Crippen molar-refractivity contribution in [3.63, 3.8) is 0 Å². The lowest BCUT2D eigenvalue weighted by atomic mass is 9.92. The van der Waals surface area contributed by atoms with Gasteiger partial charge in [-0.3, -0.25) is 5.41 Å². The van der Waals surface area contributed by atoms with Crippen LogP contribution in [-0.2, 0) is 12.8 Å². The van der Waals surface area contributed by atoms with E-state index >= 15 is 0 Å². The number of nitrogens with zero attached hydrogens (tertiary/aromatic N) is 1. The van der Waals surface area contributed by atoms with Crippen LogP contribution < -0.4 is 10.5 Å². The molecule has 1 aromatic carbocycles. The van der Waals surface area contributed by atoms with Gasteiger partial charge in [0.15, 0.2) is 5.75 Å². The van der Waals surface area contributed by atoms with E-state index in [1.807, 2.05) is 6.07 Å². The van der Waals surface area contributed by atoms with Gasteiger partial charge in [0.05, 0.1) is 0 Å². The van der Waals surface area contributed by atoms with Gasteiger partial charge in [-0.25, -0.2) is 4.98 Å². The Hall–Kier alpha value is -2.36. The van der Waals surface area contributed by atoms with Crippen molar-refractivity contribution in [3.05, 3.63) is 53.3 Å². The van der Waals surface area contributed by atoms with Gasteiger partial charge in [-0.1, -0.05) is 6.07 Å². The van der Waals surface area contributed by atoms with Crippen LogP contribution in [0.3, 0.4) is 0 Å². The first kappa shape index (κ1) is 12.7. The van der Waals surface area contributed by atoms with E-state index in [4.69, 9.17) is 15.9 Å². The number of benzene rings is 1. The van der Waals surface area contributed by atoms with Crippen LogP contribution in [0.1, 0.15) is 29.7 Å². The summed E-state index contributed by atoms with van der Waals surface area (Å²) in [7, 11) is 0. The number of aryl methyl sites for hydroxylation is 2. The minimum atomic E-state index is -0.0847. The van der Waals surface area contributed by atoms with Crippen molar-refractivity contribution in [2.45, 2.75) is 25.7 Å². The molecule has 0 unspecified atom stereocenters. The summed E-state index contributed by atoms with van der Waals surface area (Å²) in [6.45, 7) is 0. The average Bonchev–Trinajstić information content (AvgIpc) is 2.47. The molecule has 0 atom stereocenters. The van der Waals surface area contributed by atoms with Crippen molar-refractivity contribution in [2.75, 3.05) is 0 Å². The SMILES string of the molecule is N=C(N)c1ncccc1Oc1ccc2c(c1)CCCC2. The van der Waals surface area contributed by atoms with Crippen LogP contribution in [0.25, 0.3) is 0 Å². The second kappa shape index (κ2) is 5.33. The Labute approximate surface area is 118 Å². The molecule has 1 aliphatic carbocycles. The van der Waals surface area contributed by atoms with Gasteiger partial charge in [0.2, 0.25) is 0 Å². The molecule has 0 fully saturated rings. The first-order chi connectivity index (χ1) is 9.74. The van der Waals surface area contributed by atoms with Crippen LogP contribution in [0.4, 0.5) is 0 Å². The lowest BCUT2D eigenvalue weighted by Gasteiger charge is -2.17. The first-order valence-corrected chi connectivity index (χ1v) is 6.83. The topological polar surface area (TPSA) is 72.0 Å². The minimum absolute atomic E-state index is 0.0847. The molecule has 0 amide bonds. The zero-order valence-electron chi connectivity index (χ0n) is 11.2. The summed E-state index contributed by atoms with van der Waals surface area (Å²) in [6.07, 6.45) is 6.38. The third kappa shape index (κ3) is 2.50. The molecule has 1 heterocycles. The minimum Gasteiger partial charge on any atom is -0.455 e. The standard InChI is InChI=1S/C16H17N3O/c17-16(18)15-14(6-3-9-19-15)20-13-8-7-11-4-1-2-5-12(11)10-13/h3,6-10H,1-2,4-5H2,(H3,17,18). The molecule has 1 aromatic heterocycles. The molecule has 4 nitrogen and oxygen atoms in total. The van der Waals surface area contributed by atoms with Crippen molar-refractivity contribution >= 4 is 5.84 Å². The summed E-state index contributed by atoms with van der Waals surface area (Å²) < 4.78 is 5.85. The highest BCUT2D eigenvalue weighted by atomic mass is 16.5. The third-order valence-electron chi connectivity index (χ3n) is 3.57. The predicted molar refractivity (Wildman–Crippen MR) is 78.4 cm³/mol. The van der Waals surface area contributed by atoms with Gasteiger partial charge in [-0.05, 0) is 61.1 Å². The summed E-state index contributed by atoms with van der Waals surface area (Å²) in [6, 6.07) is 9.75. The summed E-state index contributed by atoms with van der Waals surface area (Å²) in [5.74, 6) is 1.22. The molecule has 0 radical (unpaired) electrons. The third-order valence-corrected chi connectivity index (χ3v) is 3.57. The number of nitrogens with one attached hydrogen (secondary N) is 1. The van der Waals surface area contributed by atoms with E-state index in [1.165, 1.54) is 24.0 Å². The van der Waals surface area contributed by atoms with Gasteiger partial charge in [-0.2, -0.15) is 0 Å². The van der Waals surface area contributed by atoms with Crippen molar-refractivity contribution in [2.24, 2.45) is 5.73 Å². The fourth-order valence-corrected chi connectivity index (χ4v) is 2.58. The maximum Gasteiger partial charge on any atom is 0.156 e. The number of amidine groups is 1. The molecule has 3 N–H and O–H groups in total. The molecule has 1 aliphatic rings. The normalized spacial score (nSPS) is 13.6. The lowest BCUT2D eigenvalue weighted by Crippen LogP contribution is -2.14. The Morgan fingerprint density at radius 2 is 1.95 bits per heavy atom. The number of fused-ring (bicyclic) bond motifs is 1. The van der Waals surface area contributed by atoms with Crippen molar-refractivity contribution < 1.29 is 4.74 Å². The summed E-state index contributed by atoms with van der Waals surface area (Å²) in [5, 5.41) is 7.53. The molecule has 0 saturated carbocycles. The maximum absolute atomic E-state index is 7.53. The predicted octanol–water partition coefficient (Wildman–Crippen LogP) is 3.04. The molecule has 0 bridgehead atoms. The van der Waals surface area contributed by atoms with Crippen molar-refractivity contribution in [1.82, 2.24) is 4.98 Å². The molecule has 102 valence electrons. The van der Waals surface area contributed by atoms with Crippen LogP contribution in [0, 0.1) is 5.41 Å². The Morgan fingerprint density at radius 1 is 1.15 bits per heavy atom. The number of nitrogens with two attached hydrogens (primary N) is 1. The van der Waals surface area contributed by atoms with Gasteiger partial charge >= 0.3 is 0 Å². The molecule has 20 heavy (non-hydrogen) atoms. The molecule has 0 aliphatic heterocycles. The average molecular weight is 267 g/mol. The van der Waals surface area contributed by atoms with E-state index in [0.717, 1.165) is 18.6 Å². The number of ether oxygens (including phenoxy) is 1. The van der Waals surface area contributed by atoms with E-state index < -0.39 is 0 Å². The van der Waals surface area contributed by atoms with E-state index in [1.54, 1.807) is 18.3 Å². The molecular formula is C16H17N3O. The second-order valence-electron chi connectivity index (χ2n) is 5.00. The van der Waals surface area contributed by atoms with Gasteiger partial charge < -0.3 is 10.5 Å². The Morgan fingerprint density at radius 3 is 2.75 bits per heavy atom. The largest absolute Gasteiger partial charge is 0.455 e. The van der Waals surface area contributed by atoms with Crippen molar-refractivity contribution in [1.29, 1.82) is 5.41 Å². The highest BCUT2D eigenvalue weighted by molar-refractivity contribution is 5.95. The molecule has 3 rings (SSSR count).